The Bertz CT molecular complexity index is 616. The van der Waals surface area contributed by atoms with Crippen LogP contribution in [0, 0.1) is 0 Å². The van der Waals surface area contributed by atoms with Crippen LogP contribution < -0.4 is 0 Å². The summed E-state index contributed by atoms with van der Waals surface area (Å²) in [7, 11) is 0. The van der Waals surface area contributed by atoms with Crippen LogP contribution in [0.1, 0.15) is 28.7 Å². The molecule has 1 heterocycles. The van der Waals surface area contributed by atoms with E-state index in [0.717, 1.165) is 6.07 Å². The van der Waals surface area contributed by atoms with E-state index in [1.165, 1.54) is 0 Å². The van der Waals surface area contributed by atoms with Gasteiger partial charge in [0.25, 0.3) is 0 Å². The van der Waals surface area contributed by atoms with Gasteiger partial charge in [-0.2, -0.15) is 13.2 Å². The molecule has 0 radical (unpaired) electrons. The molecule has 2 aromatic rings. The van der Waals surface area contributed by atoms with E-state index < -0.39 is 23.3 Å². The van der Waals surface area contributed by atoms with Gasteiger partial charge in [0.05, 0.1) is 11.1 Å². The molecule has 1 aromatic carbocycles. The Morgan fingerprint density at radius 3 is 2.61 bits per heavy atom. The molecular weight excluding hydrogens is 251 g/mol. The number of nitrogens with zero attached hydrogens (tertiary/aromatic N) is 1. The first kappa shape index (κ1) is 12.4. The monoisotopic (exact) mass is 259 g/mol. The van der Waals surface area contributed by atoms with E-state index in [4.69, 9.17) is 9.52 Å². The van der Waals surface area contributed by atoms with Crippen LogP contribution in [0.25, 0.3) is 11.1 Å². The van der Waals surface area contributed by atoms with E-state index >= 15 is 0 Å². The zero-order chi connectivity index (χ0) is 13.5. The largest absolute Gasteiger partial charge is 0.478 e. The van der Waals surface area contributed by atoms with Crippen LogP contribution >= 0.6 is 0 Å². The van der Waals surface area contributed by atoms with Crippen LogP contribution in [0.3, 0.4) is 0 Å². The Balaban J connectivity index is 2.79. The summed E-state index contributed by atoms with van der Waals surface area (Å²) in [5.41, 5.74) is -2.10. The highest BCUT2D eigenvalue weighted by molar-refractivity contribution is 5.93. The molecule has 0 spiro atoms. The van der Waals surface area contributed by atoms with Crippen molar-refractivity contribution < 1.29 is 27.5 Å². The maximum Gasteiger partial charge on any atom is 0.418 e. The van der Waals surface area contributed by atoms with Gasteiger partial charge in [0.2, 0.25) is 0 Å². The Hall–Kier alpha value is -2.05. The van der Waals surface area contributed by atoms with E-state index in [1.54, 1.807) is 6.92 Å². The van der Waals surface area contributed by atoms with Crippen molar-refractivity contribution in [2.75, 3.05) is 0 Å². The van der Waals surface area contributed by atoms with Crippen LogP contribution in [0.2, 0.25) is 0 Å². The summed E-state index contributed by atoms with van der Waals surface area (Å²) in [5.74, 6) is -1.31. The van der Waals surface area contributed by atoms with Gasteiger partial charge in [-0.1, -0.05) is 6.92 Å². The molecular formula is C11H8F3NO3. The number of benzene rings is 1. The maximum atomic E-state index is 12.8. The molecule has 0 bridgehead atoms. The lowest BCUT2D eigenvalue weighted by Gasteiger charge is -2.07. The lowest BCUT2D eigenvalue weighted by Crippen LogP contribution is -2.08. The summed E-state index contributed by atoms with van der Waals surface area (Å²) < 4.78 is 43.5. The van der Waals surface area contributed by atoms with Gasteiger partial charge in [-0.25, -0.2) is 9.78 Å². The number of aromatic nitrogens is 1. The number of hydrogen-bond donors (Lipinski definition) is 1. The minimum Gasteiger partial charge on any atom is -0.478 e. The Kier molecular flexibility index (Phi) is 2.76. The average Bonchev–Trinajstić information content (AvgIpc) is 2.68. The molecule has 0 aliphatic carbocycles. The van der Waals surface area contributed by atoms with Crippen molar-refractivity contribution in [1.82, 2.24) is 4.98 Å². The van der Waals surface area contributed by atoms with Gasteiger partial charge in [0.1, 0.15) is 5.52 Å². The number of halogens is 3. The minimum atomic E-state index is -4.68. The molecule has 0 unspecified atom stereocenters. The summed E-state index contributed by atoms with van der Waals surface area (Å²) in [4.78, 5) is 14.5. The molecule has 1 N–H and O–H groups in total. The fraction of sp³-hybridized carbons (Fsp3) is 0.273. The van der Waals surface area contributed by atoms with E-state index in [9.17, 15) is 18.0 Å². The molecule has 4 nitrogen and oxygen atoms in total. The van der Waals surface area contributed by atoms with Crippen molar-refractivity contribution in [1.29, 1.82) is 0 Å². The van der Waals surface area contributed by atoms with Gasteiger partial charge < -0.3 is 9.52 Å². The second-order valence-corrected chi connectivity index (χ2v) is 3.63. The van der Waals surface area contributed by atoms with E-state index in [-0.39, 0.29) is 17.0 Å². The molecule has 1 aromatic heterocycles. The Morgan fingerprint density at radius 2 is 2.11 bits per heavy atom. The first-order valence-electron chi connectivity index (χ1n) is 5.07. The van der Waals surface area contributed by atoms with Crippen LogP contribution in [-0.4, -0.2) is 16.1 Å². The van der Waals surface area contributed by atoms with Crippen molar-refractivity contribution in [2.24, 2.45) is 0 Å². The first-order valence-corrected chi connectivity index (χ1v) is 5.07. The molecule has 18 heavy (non-hydrogen) atoms. The van der Waals surface area contributed by atoms with Gasteiger partial charge in [0, 0.05) is 6.42 Å². The first-order chi connectivity index (χ1) is 8.32. The number of carbonyl (C=O) groups is 1. The summed E-state index contributed by atoms with van der Waals surface area (Å²) in [5, 5.41) is 8.77. The molecule has 0 atom stereocenters. The third-order valence-electron chi connectivity index (χ3n) is 2.39. The molecule has 7 heteroatoms. The van der Waals surface area contributed by atoms with Crippen molar-refractivity contribution in [3.8, 4) is 0 Å². The molecule has 0 saturated carbocycles. The highest BCUT2D eigenvalue weighted by Crippen LogP contribution is 2.35. The minimum absolute atomic E-state index is 0.137. The molecule has 0 amide bonds. The predicted molar refractivity (Wildman–Crippen MR) is 55.3 cm³/mol. The number of carboxylic acids is 1. The number of rotatable bonds is 2. The van der Waals surface area contributed by atoms with Gasteiger partial charge in [-0.05, 0) is 12.1 Å². The van der Waals surface area contributed by atoms with Crippen molar-refractivity contribution in [3.63, 3.8) is 0 Å². The second-order valence-electron chi connectivity index (χ2n) is 3.63. The van der Waals surface area contributed by atoms with Gasteiger partial charge in [-0.3, -0.25) is 0 Å². The Labute approximate surface area is 99.0 Å². The zero-order valence-electron chi connectivity index (χ0n) is 9.21. The third kappa shape index (κ3) is 2.03. The number of oxazole rings is 1. The lowest BCUT2D eigenvalue weighted by atomic mass is 10.1. The number of fused-ring (bicyclic) bond motifs is 1. The number of aromatic carboxylic acids is 1. The fourth-order valence-electron chi connectivity index (χ4n) is 1.57. The smallest absolute Gasteiger partial charge is 0.418 e. The van der Waals surface area contributed by atoms with Crippen LogP contribution in [0.5, 0.6) is 0 Å². The third-order valence-corrected chi connectivity index (χ3v) is 2.39. The number of aryl methyl sites for hydroxylation is 1. The molecule has 0 aliphatic rings. The van der Waals surface area contributed by atoms with Gasteiger partial charge in [-0.15, -0.1) is 0 Å². The summed E-state index contributed by atoms with van der Waals surface area (Å²) >= 11 is 0. The summed E-state index contributed by atoms with van der Waals surface area (Å²) in [6.07, 6.45) is -4.35. The zero-order valence-corrected chi connectivity index (χ0v) is 9.21. The summed E-state index contributed by atoms with van der Waals surface area (Å²) in [6, 6.07) is 1.60. The van der Waals surface area contributed by atoms with Gasteiger partial charge >= 0.3 is 12.1 Å². The Morgan fingerprint density at radius 1 is 1.44 bits per heavy atom. The molecule has 0 fully saturated rings. The summed E-state index contributed by atoms with van der Waals surface area (Å²) in [6.45, 7) is 1.68. The highest BCUT2D eigenvalue weighted by Gasteiger charge is 2.35. The van der Waals surface area contributed by atoms with Crippen LogP contribution in [-0.2, 0) is 12.6 Å². The standard InChI is InChI=1S/C11H8F3NO3/c1-2-8-15-9-6(11(12,13)14)3-5(10(16)17)4-7(9)18-8/h3-4H,2H2,1H3,(H,16,17). The lowest BCUT2D eigenvalue weighted by molar-refractivity contribution is -0.136. The molecule has 0 saturated heterocycles. The van der Waals surface area contributed by atoms with E-state index in [0.29, 0.717) is 12.5 Å². The topological polar surface area (TPSA) is 63.3 Å². The normalized spacial score (nSPS) is 12.0. The van der Waals surface area contributed by atoms with Crippen molar-refractivity contribution in [2.45, 2.75) is 19.5 Å². The second kappa shape index (κ2) is 4.01. The van der Waals surface area contributed by atoms with Crippen molar-refractivity contribution in [3.05, 3.63) is 29.2 Å². The van der Waals surface area contributed by atoms with E-state index in [2.05, 4.69) is 4.98 Å². The number of hydrogen-bond acceptors (Lipinski definition) is 3. The van der Waals surface area contributed by atoms with Crippen LogP contribution in [0.4, 0.5) is 13.2 Å². The predicted octanol–water partition coefficient (Wildman–Crippen LogP) is 3.11. The maximum absolute atomic E-state index is 12.8. The highest BCUT2D eigenvalue weighted by atomic mass is 19.4. The van der Waals surface area contributed by atoms with Gasteiger partial charge in [0.15, 0.2) is 11.5 Å². The molecule has 96 valence electrons. The SMILES string of the molecule is CCc1nc2c(C(F)(F)F)cc(C(=O)O)cc2o1. The fourth-order valence-corrected chi connectivity index (χ4v) is 1.57. The van der Waals surface area contributed by atoms with E-state index in [1.807, 2.05) is 0 Å². The number of carboxylic acid groups (broad SMARTS) is 1. The molecule has 0 aliphatic heterocycles. The van der Waals surface area contributed by atoms with Crippen LogP contribution in [0.15, 0.2) is 16.5 Å². The average molecular weight is 259 g/mol. The van der Waals surface area contributed by atoms with Crippen molar-refractivity contribution >= 4 is 17.1 Å². The quantitative estimate of drug-likeness (QED) is 0.900. The molecule has 2 rings (SSSR count). The number of alkyl halides is 3.